The topological polar surface area (TPSA) is 16.4 Å². The van der Waals surface area contributed by atoms with E-state index in [2.05, 4.69) is 163 Å². The molecule has 0 bridgehead atoms. The summed E-state index contributed by atoms with van der Waals surface area (Å²) in [7, 11) is 0. The van der Waals surface area contributed by atoms with Gasteiger partial charge < -0.3 is 9.32 Å². The van der Waals surface area contributed by atoms with Crippen molar-refractivity contribution in [1.82, 2.24) is 0 Å². The largest absolute Gasteiger partial charge is 0.456 e. The number of rotatable bonds is 3. The second-order valence-corrected chi connectivity index (χ2v) is 14.8. The average Bonchev–Trinajstić information content (AvgIpc) is 3.44. The van der Waals surface area contributed by atoms with Crippen LogP contribution in [0, 0.1) is 0 Å². The van der Waals surface area contributed by atoms with Crippen molar-refractivity contribution in [1.29, 1.82) is 0 Å². The van der Waals surface area contributed by atoms with E-state index >= 15 is 0 Å². The number of anilines is 3. The summed E-state index contributed by atoms with van der Waals surface area (Å²) in [6.07, 6.45) is 0. The van der Waals surface area contributed by atoms with Crippen LogP contribution in [-0.2, 0) is 16.2 Å². The maximum Gasteiger partial charge on any atom is 0.139 e. The monoisotopic (exact) mass is 563 g/mol. The molecule has 0 aliphatic heterocycles. The Labute approximate surface area is 256 Å². The van der Waals surface area contributed by atoms with Gasteiger partial charge in [-0.1, -0.05) is 110 Å². The first-order chi connectivity index (χ1) is 20.3. The molecule has 0 spiro atoms. The first-order valence-corrected chi connectivity index (χ1v) is 15.4. The molecule has 0 saturated carbocycles. The van der Waals surface area contributed by atoms with E-state index in [0.29, 0.717) is 0 Å². The normalized spacial score (nSPS) is 14.2. The van der Waals surface area contributed by atoms with E-state index in [-0.39, 0.29) is 16.2 Å². The summed E-state index contributed by atoms with van der Waals surface area (Å²) in [5.74, 6) is 0. The lowest BCUT2D eigenvalue weighted by molar-refractivity contribution is 0.559. The number of nitrogens with zero attached hydrogens (tertiary/aromatic N) is 1. The molecule has 6 aromatic rings. The molecule has 5 aromatic carbocycles. The van der Waals surface area contributed by atoms with Crippen molar-refractivity contribution >= 4 is 39.0 Å². The van der Waals surface area contributed by atoms with Crippen molar-refractivity contribution in [3.8, 4) is 11.1 Å². The molecular weight excluding hydrogens is 522 g/mol. The van der Waals surface area contributed by atoms with E-state index in [0.717, 1.165) is 33.6 Å². The van der Waals surface area contributed by atoms with E-state index in [9.17, 15) is 0 Å². The van der Waals surface area contributed by atoms with Crippen LogP contribution in [0.15, 0.2) is 108 Å². The lowest BCUT2D eigenvalue weighted by Crippen LogP contribution is -2.16. The van der Waals surface area contributed by atoms with Crippen LogP contribution in [0.4, 0.5) is 17.1 Å². The SMILES string of the molecule is CC(C)(C)c1cc(C(C)(C)C)c2oc3ccc(N(c4ccccc4)c4ccc5c(c4)C(C)(C)c4ccccc4-5)cc3c2c1. The van der Waals surface area contributed by atoms with Crippen molar-refractivity contribution in [3.05, 3.63) is 125 Å². The first-order valence-electron chi connectivity index (χ1n) is 15.4. The molecule has 0 saturated heterocycles. The molecular formula is C41H41NO. The summed E-state index contributed by atoms with van der Waals surface area (Å²) in [4.78, 5) is 2.38. The number of fused-ring (bicyclic) bond motifs is 6. The van der Waals surface area contributed by atoms with Gasteiger partial charge in [-0.05, 0) is 87.2 Å². The Morgan fingerprint density at radius 3 is 1.93 bits per heavy atom. The van der Waals surface area contributed by atoms with E-state index < -0.39 is 0 Å². The van der Waals surface area contributed by atoms with E-state index in [4.69, 9.17) is 4.42 Å². The fourth-order valence-electron chi connectivity index (χ4n) is 6.85. The van der Waals surface area contributed by atoms with Gasteiger partial charge in [0, 0.05) is 38.8 Å². The predicted octanol–water partition coefficient (Wildman–Crippen LogP) is 12.0. The lowest BCUT2D eigenvalue weighted by atomic mass is 9.79. The molecule has 0 atom stereocenters. The Hall–Kier alpha value is -4.30. The Morgan fingerprint density at radius 1 is 0.558 bits per heavy atom. The van der Waals surface area contributed by atoms with Crippen molar-refractivity contribution in [3.63, 3.8) is 0 Å². The molecule has 7 rings (SSSR count). The molecule has 1 aromatic heterocycles. The zero-order valence-corrected chi connectivity index (χ0v) is 26.7. The zero-order chi connectivity index (χ0) is 30.3. The molecule has 1 aliphatic rings. The van der Waals surface area contributed by atoms with E-state index in [1.165, 1.54) is 38.8 Å². The molecule has 1 aliphatic carbocycles. The molecule has 0 radical (unpaired) electrons. The number of benzene rings is 5. The molecule has 0 N–H and O–H groups in total. The molecule has 0 unspecified atom stereocenters. The quantitative estimate of drug-likeness (QED) is 0.213. The van der Waals surface area contributed by atoms with Gasteiger partial charge in [0.1, 0.15) is 11.2 Å². The van der Waals surface area contributed by atoms with Crippen LogP contribution in [0.3, 0.4) is 0 Å². The van der Waals surface area contributed by atoms with Gasteiger partial charge in [0.15, 0.2) is 0 Å². The minimum absolute atomic E-state index is 0.0280. The van der Waals surface area contributed by atoms with Crippen LogP contribution in [0.25, 0.3) is 33.1 Å². The van der Waals surface area contributed by atoms with Crippen molar-refractivity contribution in [2.45, 2.75) is 71.6 Å². The van der Waals surface area contributed by atoms with Crippen LogP contribution in [0.2, 0.25) is 0 Å². The summed E-state index contributed by atoms with van der Waals surface area (Å²) in [5.41, 5.74) is 13.3. The zero-order valence-electron chi connectivity index (χ0n) is 26.7. The van der Waals surface area contributed by atoms with Gasteiger partial charge in [0.2, 0.25) is 0 Å². The van der Waals surface area contributed by atoms with Gasteiger partial charge in [-0.2, -0.15) is 0 Å². The highest BCUT2D eigenvalue weighted by molar-refractivity contribution is 6.08. The molecule has 0 amide bonds. The Balaban J connectivity index is 1.46. The van der Waals surface area contributed by atoms with Gasteiger partial charge in [-0.3, -0.25) is 0 Å². The first kappa shape index (κ1) is 27.5. The van der Waals surface area contributed by atoms with E-state index in [1.54, 1.807) is 0 Å². The van der Waals surface area contributed by atoms with Gasteiger partial charge >= 0.3 is 0 Å². The maximum atomic E-state index is 6.63. The number of hydrogen-bond acceptors (Lipinski definition) is 2. The molecule has 2 heteroatoms. The molecule has 0 fully saturated rings. The van der Waals surface area contributed by atoms with Crippen molar-refractivity contribution in [2.75, 3.05) is 4.90 Å². The fraction of sp³-hybridized carbons (Fsp3) is 0.268. The highest BCUT2D eigenvalue weighted by Gasteiger charge is 2.35. The smallest absolute Gasteiger partial charge is 0.139 e. The Morgan fingerprint density at radius 2 is 1.21 bits per heavy atom. The third-order valence-corrected chi connectivity index (χ3v) is 9.33. The Kier molecular flexibility index (Phi) is 5.98. The highest BCUT2D eigenvalue weighted by Crippen LogP contribution is 2.51. The molecule has 2 nitrogen and oxygen atoms in total. The summed E-state index contributed by atoms with van der Waals surface area (Å²) in [5, 5.41) is 2.34. The van der Waals surface area contributed by atoms with Crippen LogP contribution >= 0.6 is 0 Å². The van der Waals surface area contributed by atoms with Crippen LogP contribution in [0.1, 0.15) is 77.6 Å². The predicted molar refractivity (Wildman–Crippen MR) is 183 cm³/mol. The summed E-state index contributed by atoms with van der Waals surface area (Å²) >= 11 is 0. The summed E-state index contributed by atoms with van der Waals surface area (Å²) in [6.45, 7) is 18.4. The maximum absolute atomic E-state index is 6.63. The summed E-state index contributed by atoms with van der Waals surface area (Å²) < 4.78 is 6.63. The van der Waals surface area contributed by atoms with Gasteiger partial charge in [0.05, 0.1) is 0 Å². The minimum Gasteiger partial charge on any atom is -0.456 e. The van der Waals surface area contributed by atoms with Gasteiger partial charge in [-0.25, -0.2) is 0 Å². The molecule has 1 heterocycles. The van der Waals surface area contributed by atoms with Crippen molar-refractivity contribution in [2.24, 2.45) is 0 Å². The number of furan rings is 1. The second-order valence-electron chi connectivity index (χ2n) is 14.8. The number of hydrogen-bond donors (Lipinski definition) is 0. The lowest BCUT2D eigenvalue weighted by Gasteiger charge is -2.28. The van der Waals surface area contributed by atoms with Crippen LogP contribution in [0.5, 0.6) is 0 Å². The molecule has 216 valence electrons. The summed E-state index contributed by atoms with van der Waals surface area (Å²) in [6, 6.07) is 37.9. The van der Waals surface area contributed by atoms with Gasteiger partial charge in [-0.15, -0.1) is 0 Å². The minimum atomic E-state index is -0.0677. The molecule has 43 heavy (non-hydrogen) atoms. The average molecular weight is 564 g/mol. The second kappa shape index (κ2) is 9.35. The Bertz CT molecular complexity index is 2010. The highest BCUT2D eigenvalue weighted by atomic mass is 16.3. The van der Waals surface area contributed by atoms with Crippen molar-refractivity contribution < 1.29 is 4.42 Å². The van der Waals surface area contributed by atoms with Crippen LogP contribution < -0.4 is 4.90 Å². The van der Waals surface area contributed by atoms with Gasteiger partial charge in [0.25, 0.3) is 0 Å². The van der Waals surface area contributed by atoms with Crippen LogP contribution in [-0.4, -0.2) is 0 Å². The number of para-hydroxylation sites is 1. The standard InChI is InChI=1S/C41H41NO/c1-39(2,3)26-22-33-32-24-28(19-21-37(32)43-38(33)36(23-26)40(4,5)6)42(27-14-10-9-11-15-27)29-18-20-31-30-16-12-13-17-34(30)41(7,8)35(31)25-29/h9-25H,1-8H3. The third-order valence-electron chi connectivity index (χ3n) is 9.33. The fourth-order valence-corrected chi connectivity index (χ4v) is 6.85. The third kappa shape index (κ3) is 4.38. The van der Waals surface area contributed by atoms with E-state index in [1.807, 2.05) is 0 Å².